The number of hydrogen-bond donors (Lipinski definition) is 2. The van der Waals surface area contributed by atoms with E-state index in [-0.39, 0.29) is 22.3 Å². The van der Waals surface area contributed by atoms with Crippen LogP contribution in [-0.2, 0) is 10.0 Å². The van der Waals surface area contributed by atoms with Crippen molar-refractivity contribution in [3.63, 3.8) is 0 Å². The van der Waals surface area contributed by atoms with Crippen molar-refractivity contribution in [2.24, 2.45) is 0 Å². The van der Waals surface area contributed by atoms with Crippen molar-refractivity contribution < 1.29 is 26.0 Å². The van der Waals surface area contributed by atoms with Crippen LogP contribution in [0.5, 0.6) is 0 Å². The molecule has 148 valence electrons. The van der Waals surface area contributed by atoms with Crippen LogP contribution in [0, 0.1) is 17.5 Å². The molecular formula is C17H13ClF3N3O3S. The van der Waals surface area contributed by atoms with Crippen molar-refractivity contribution in [3.8, 4) is 0 Å². The second-order valence-electron chi connectivity index (χ2n) is 5.74. The number of oxazole rings is 1. The Kier molecular flexibility index (Phi) is 5.52. The lowest BCUT2D eigenvalue weighted by atomic mass is 10.1. The molecule has 3 aromatic rings. The Morgan fingerprint density at radius 1 is 1.14 bits per heavy atom. The molecule has 0 unspecified atom stereocenters. The van der Waals surface area contributed by atoms with Crippen LogP contribution in [-0.4, -0.2) is 13.4 Å². The molecule has 1 heterocycles. The summed E-state index contributed by atoms with van der Waals surface area (Å²) in [5.74, 6) is -2.41. The van der Waals surface area contributed by atoms with Gasteiger partial charge in [0.2, 0.25) is 0 Å². The normalized spacial score (nSPS) is 12.6. The highest BCUT2D eigenvalue weighted by Crippen LogP contribution is 2.32. The van der Waals surface area contributed by atoms with E-state index < -0.39 is 38.4 Å². The van der Waals surface area contributed by atoms with E-state index in [0.29, 0.717) is 0 Å². The van der Waals surface area contributed by atoms with Crippen LogP contribution in [0.25, 0.3) is 0 Å². The third kappa shape index (κ3) is 4.23. The van der Waals surface area contributed by atoms with Crippen LogP contribution in [0.15, 0.2) is 52.1 Å². The second-order valence-corrected chi connectivity index (χ2v) is 7.80. The molecule has 0 aliphatic heterocycles. The Morgan fingerprint density at radius 2 is 1.89 bits per heavy atom. The summed E-state index contributed by atoms with van der Waals surface area (Å²) >= 11 is 6.06. The zero-order chi connectivity index (χ0) is 20.5. The molecule has 0 bridgehead atoms. The van der Waals surface area contributed by atoms with Crippen molar-refractivity contribution in [2.45, 2.75) is 17.9 Å². The first-order valence-corrected chi connectivity index (χ1v) is 9.66. The van der Waals surface area contributed by atoms with Crippen molar-refractivity contribution in [1.82, 2.24) is 4.98 Å². The maximum absolute atomic E-state index is 14.4. The van der Waals surface area contributed by atoms with Crippen LogP contribution in [0.3, 0.4) is 0 Å². The highest BCUT2D eigenvalue weighted by atomic mass is 35.5. The lowest BCUT2D eigenvalue weighted by molar-refractivity contribution is 0.559. The molecule has 3 rings (SSSR count). The van der Waals surface area contributed by atoms with Gasteiger partial charge in [0.05, 0.1) is 22.9 Å². The van der Waals surface area contributed by atoms with Gasteiger partial charge in [0, 0.05) is 5.56 Å². The second kappa shape index (κ2) is 7.72. The minimum atomic E-state index is -4.35. The minimum Gasteiger partial charge on any atom is -0.432 e. The van der Waals surface area contributed by atoms with Crippen molar-refractivity contribution in [3.05, 3.63) is 70.8 Å². The smallest absolute Gasteiger partial charge is 0.308 e. The summed E-state index contributed by atoms with van der Waals surface area (Å²) in [4.78, 5) is 2.86. The lowest BCUT2D eigenvalue weighted by Crippen LogP contribution is -2.16. The number of rotatable bonds is 6. The zero-order valence-corrected chi connectivity index (χ0v) is 15.8. The predicted octanol–water partition coefficient (Wildman–Crippen LogP) is 4.72. The Balaban J connectivity index is 1.88. The number of sulfonamides is 1. The molecule has 0 amide bonds. The van der Waals surface area contributed by atoms with Crippen molar-refractivity contribution in [2.75, 3.05) is 10.0 Å². The fourth-order valence-electron chi connectivity index (χ4n) is 2.45. The molecule has 0 spiro atoms. The van der Waals surface area contributed by atoms with E-state index in [1.807, 2.05) is 4.72 Å². The molecule has 2 aromatic carbocycles. The fraction of sp³-hybridized carbons (Fsp3) is 0.118. The SMILES string of the molecule is C[C@H](Nc1cc(F)c(S(=O)(=O)Nc2ncco2)cc1Cl)c1cc(F)ccc1F. The summed E-state index contributed by atoms with van der Waals surface area (Å²) in [5.41, 5.74) is 0.00383. The van der Waals surface area contributed by atoms with Gasteiger partial charge < -0.3 is 9.73 Å². The molecule has 11 heteroatoms. The van der Waals surface area contributed by atoms with E-state index in [4.69, 9.17) is 16.0 Å². The van der Waals surface area contributed by atoms with Crippen LogP contribution < -0.4 is 10.0 Å². The summed E-state index contributed by atoms with van der Waals surface area (Å²) in [6.45, 7) is 1.51. The van der Waals surface area contributed by atoms with Gasteiger partial charge in [-0.25, -0.2) is 31.3 Å². The number of aromatic nitrogens is 1. The minimum absolute atomic E-state index is 0.00117. The Hall–Kier alpha value is -2.72. The monoisotopic (exact) mass is 431 g/mol. The summed E-state index contributed by atoms with van der Waals surface area (Å²) < 4.78 is 73.0. The molecule has 0 fully saturated rings. The first-order valence-electron chi connectivity index (χ1n) is 7.80. The van der Waals surface area contributed by atoms with Crippen LogP contribution in [0.2, 0.25) is 5.02 Å². The number of halogens is 4. The van der Waals surface area contributed by atoms with Gasteiger partial charge in [-0.15, -0.1) is 0 Å². The Bertz CT molecular complexity index is 1110. The van der Waals surface area contributed by atoms with Gasteiger partial charge in [-0.1, -0.05) is 11.6 Å². The molecule has 6 nitrogen and oxygen atoms in total. The molecule has 0 aliphatic carbocycles. The molecule has 1 atom stereocenters. The molecule has 0 saturated heterocycles. The van der Waals surface area contributed by atoms with Gasteiger partial charge in [0.1, 0.15) is 28.6 Å². The maximum atomic E-state index is 14.4. The maximum Gasteiger partial charge on any atom is 0.308 e. The first-order chi connectivity index (χ1) is 13.2. The van der Waals surface area contributed by atoms with Crippen molar-refractivity contribution >= 4 is 33.3 Å². The molecule has 1 aromatic heterocycles. The lowest BCUT2D eigenvalue weighted by Gasteiger charge is -2.18. The standard InChI is InChI=1S/C17H13ClF3N3O3S/c1-9(11-6-10(19)2-3-13(11)20)23-15-8-14(21)16(7-12(15)18)28(25,26)24-17-22-4-5-27-17/h2-9,23H,1H3,(H,22,24)/t9-/m0/s1. The van der Waals surface area contributed by atoms with Gasteiger partial charge in [0.15, 0.2) is 0 Å². The average molecular weight is 432 g/mol. The average Bonchev–Trinajstić information content (AvgIpc) is 3.11. The van der Waals surface area contributed by atoms with Gasteiger partial charge in [0.25, 0.3) is 10.0 Å². The van der Waals surface area contributed by atoms with Gasteiger partial charge in [-0.05, 0) is 37.3 Å². The van der Waals surface area contributed by atoms with Crippen LogP contribution in [0.4, 0.5) is 24.9 Å². The number of nitrogens with one attached hydrogen (secondary N) is 2. The van der Waals surface area contributed by atoms with Gasteiger partial charge >= 0.3 is 6.01 Å². The van der Waals surface area contributed by atoms with Gasteiger partial charge in [-0.3, -0.25) is 0 Å². The number of hydrogen-bond acceptors (Lipinski definition) is 5. The Morgan fingerprint density at radius 3 is 2.57 bits per heavy atom. The van der Waals surface area contributed by atoms with E-state index >= 15 is 0 Å². The summed E-state index contributed by atoms with van der Waals surface area (Å²) in [6.07, 6.45) is 2.35. The third-order valence-corrected chi connectivity index (χ3v) is 5.41. The van der Waals surface area contributed by atoms with Crippen LogP contribution >= 0.6 is 11.6 Å². The van der Waals surface area contributed by atoms with Gasteiger partial charge in [-0.2, -0.15) is 0 Å². The van der Waals surface area contributed by atoms with Crippen LogP contribution in [0.1, 0.15) is 18.5 Å². The van der Waals surface area contributed by atoms with E-state index in [0.717, 1.165) is 36.6 Å². The summed E-state index contributed by atoms with van der Waals surface area (Å²) in [5, 5.41) is 2.59. The van der Waals surface area contributed by atoms with Crippen molar-refractivity contribution in [1.29, 1.82) is 0 Å². The predicted molar refractivity (Wildman–Crippen MR) is 97.1 cm³/mol. The zero-order valence-electron chi connectivity index (χ0n) is 14.2. The quantitative estimate of drug-likeness (QED) is 0.590. The van der Waals surface area contributed by atoms with E-state index in [2.05, 4.69) is 10.3 Å². The number of benzene rings is 2. The number of anilines is 2. The Labute approximate surface area is 163 Å². The third-order valence-electron chi connectivity index (χ3n) is 3.76. The molecule has 0 saturated carbocycles. The molecular weight excluding hydrogens is 419 g/mol. The molecule has 2 N–H and O–H groups in total. The largest absolute Gasteiger partial charge is 0.432 e. The van der Waals surface area contributed by atoms with E-state index in [9.17, 15) is 21.6 Å². The highest BCUT2D eigenvalue weighted by Gasteiger charge is 2.24. The first kappa shape index (κ1) is 20.0. The topological polar surface area (TPSA) is 84.2 Å². The summed E-state index contributed by atoms with van der Waals surface area (Å²) in [7, 11) is -4.35. The highest BCUT2D eigenvalue weighted by molar-refractivity contribution is 7.92. The fourth-order valence-corrected chi connectivity index (χ4v) is 3.76. The molecule has 28 heavy (non-hydrogen) atoms. The molecule has 0 aliphatic rings. The van der Waals surface area contributed by atoms with E-state index in [1.54, 1.807) is 0 Å². The summed E-state index contributed by atoms with van der Waals surface area (Å²) in [6, 6.07) is 3.55. The molecule has 0 radical (unpaired) electrons. The van der Waals surface area contributed by atoms with E-state index in [1.165, 1.54) is 13.1 Å². The number of nitrogens with zero attached hydrogens (tertiary/aromatic N) is 1.